The quantitative estimate of drug-likeness (QED) is 0.706. The smallest absolute Gasteiger partial charge is 0.246 e. The normalized spacial score (nSPS) is 19.3. The Hall–Kier alpha value is -2.37. The molecule has 30 heavy (non-hydrogen) atoms. The number of anilines is 2. The van der Waals surface area contributed by atoms with E-state index in [0.717, 1.165) is 50.2 Å². The molecular formula is C19H24F2N6O2S. The molecule has 11 heteroatoms. The van der Waals surface area contributed by atoms with Gasteiger partial charge in [-0.2, -0.15) is 4.31 Å². The number of sulfonamides is 1. The third-order valence-electron chi connectivity index (χ3n) is 5.54. The number of halogens is 2. The second kappa shape index (κ2) is 8.40. The summed E-state index contributed by atoms with van der Waals surface area (Å²) in [7, 11) is -2.01. The van der Waals surface area contributed by atoms with E-state index in [2.05, 4.69) is 27.0 Å². The van der Waals surface area contributed by atoms with Crippen LogP contribution < -0.4 is 9.80 Å². The molecule has 1 aromatic heterocycles. The van der Waals surface area contributed by atoms with Crippen molar-refractivity contribution in [2.45, 2.75) is 4.90 Å². The van der Waals surface area contributed by atoms with E-state index in [0.29, 0.717) is 18.9 Å². The summed E-state index contributed by atoms with van der Waals surface area (Å²) in [4.78, 5) is 5.76. The van der Waals surface area contributed by atoms with Crippen molar-refractivity contribution in [2.75, 3.05) is 69.2 Å². The van der Waals surface area contributed by atoms with Crippen molar-refractivity contribution < 1.29 is 17.2 Å². The summed E-state index contributed by atoms with van der Waals surface area (Å²) in [5.74, 6) is -0.245. The van der Waals surface area contributed by atoms with Crippen molar-refractivity contribution in [1.82, 2.24) is 19.4 Å². The van der Waals surface area contributed by atoms with E-state index in [1.165, 1.54) is 4.31 Å². The van der Waals surface area contributed by atoms with Crippen LogP contribution in [-0.2, 0) is 10.0 Å². The molecule has 0 radical (unpaired) electrons. The fourth-order valence-corrected chi connectivity index (χ4v) is 5.16. The minimum Gasteiger partial charge on any atom is -0.353 e. The van der Waals surface area contributed by atoms with E-state index in [1.807, 2.05) is 17.0 Å². The molecule has 2 aliphatic rings. The largest absolute Gasteiger partial charge is 0.353 e. The lowest BCUT2D eigenvalue weighted by Gasteiger charge is -2.35. The van der Waals surface area contributed by atoms with E-state index in [4.69, 9.17) is 0 Å². The van der Waals surface area contributed by atoms with Gasteiger partial charge in [0.1, 0.15) is 16.5 Å². The summed E-state index contributed by atoms with van der Waals surface area (Å²) in [5, 5.41) is 8.64. The number of nitrogens with zero attached hydrogens (tertiary/aromatic N) is 6. The van der Waals surface area contributed by atoms with Gasteiger partial charge in [-0.25, -0.2) is 17.2 Å². The summed E-state index contributed by atoms with van der Waals surface area (Å²) >= 11 is 0. The molecule has 162 valence electrons. The van der Waals surface area contributed by atoms with Gasteiger partial charge in [-0.3, -0.25) is 0 Å². The van der Waals surface area contributed by atoms with Gasteiger partial charge in [0.05, 0.1) is 0 Å². The molecular weight excluding hydrogens is 414 g/mol. The lowest BCUT2D eigenvalue weighted by molar-refractivity contribution is 0.312. The summed E-state index contributed by atoms with van der Waals surface area (Å²) in [6, 6.07) is 6.27. The van der Waals surface area contributed by atoms with E-state index in [9.17, 15) is 17.2 Å². The Morgan fingerprint density at radius 2 is 1.33 bits per heavy atom. The van der Waals surface area contributed by atoms with Crippen LogP contribution in [0.15, 0.2) is 35.2 Å². The Kier molecular flexibility index (Phi) is 5.85. The SMILES string of the molecule is CN1CCN(c2ccc(N3CCN(S(=O)(=O)c4cc(F)ccc4F)CC3)nn2)CC1. The van der Waals surface area contributed by atoms with Gasteiger partial charge in [-0.05, 0) is 37.4 Å². The van der Waals surface area contributed by atoms with Gasteiger partial charge in [0.25, 0.3) is 0 Å². The number of likely N-dealkylation sites (N-methyl/N-ethyl adjacent to an activating group) is 1. The number of aromatic nitrogens is 2. The highest BCUT2D eigenvalue weighted by atomic mass is 32.2. The van der Waals surface area contributed by atoms with Crippen LogP contribution in [0.3, 0.4) is 0 Å². The monoisotopic (exact) mass is 438 g/mol. The highest BCUT2D eigenvalue weighted by molar-refractivity contribution is 7.89. The fraction of sp³-hybridized carbons (Fsp3) is 0.474. The van der Waals surface area contributed by atoms with E-state index < -0.39 is 26.6 Å². The minimum absolute atomic E-state index is 0.153. The van der Waals surface area contributed by atoms with Gasteiger partial charge < -0.3 is 14.7 Å². The number of benzene rings is 1. The van der Waals surface area contributed by atoms with E-state index in [-0.39, 0.29) is 13.1 Å². The molecule has 0 atom stereocenters. The maximum absolute atomic E-state index is 14.0. The van der Waals surface area contributed by atoms with Crippen molar-refractivity contribution >= 4 is 21.7 Å². The number of piperazine rings is 2. The molecule has 0 aliphatic carbocycles. The molecule has 2 fully saturated rings. The summed E-state index contributed by atoms with van der Waals surface area (Å²) in [6.07, 6.45) is 0. The van der Waals surface area contributed by atoms with Crippen molar-refractivity contribution in [3.8, 4) is 0 Å². The predicted octanol–water partition coefficient (Wildman–Crippen LogP) is 1.02. The Morgan fingerprint density at radius 1 is 0.800 bits per heavy atom. The zero-order chi connectivity index (χ0) is 21.3. The molecule has 2 aromatic rings. The predicted molar refractivity (Wildman–Crippen MR) is 109 cm³/mol. The standard InChI is InChI=1S/C19H24F2N6O2S/c1-24-6-8-25(9-7-24)18-4-5-19(23-22-18)26-10-12-27(13-11-26)30(28,29)17-14-15(20)2-3-16(17)21/h2-5,14H,6-13H2,1H3. The average molecular weight is 439 g/mol. The highest BCUT2D eigenvalue weighted by Gasteiger charge is 2.31. The molecule has 1 aromatic carbocycles. The summed E-state index contributed by atoms with van der Waals surface area (Å²) < 4.78 is 54.0. The number of rotatable bonds is 4. The Bertz CT molecular complexity index is 989. The first kappa shape index (κ1) is 20.9. The maximum Gasteiger partial charge on any atom is 0.246 e. The first-order chi connectivity index (χ1) is 14.3. The Labute approximate surface area is 174 Å². The molecule has 0 N–H and O–H groups in total. The Morgan fingerprint density at radius 3 is 1.87 bits per heavy atom. The lowest BCUT2D eigenvalue weighted by Crippen LogP contribution is -2.49. The van der Waals surface area contributed by atoms with Crippen LogP contribution in [0.5, 0.6) is 0 Å². The molecule has 0 amide bonds. The molecule has 0 spiro atoms. The molecule has 3 heterocycles. The zero-order valence-corrected chi connectivity index (χ0v) is 17.5. The van der Waals surface area contributed by atoms with Gasteiger partial charge in [-0.1, -0.05) is 0 Å². The molecule has 0 unspecified atom stereocenters. The van der Waals surface area contributed by atoms with Crippen LogP contribution in [0.25, 0.3) is 0 Å². The molecule has 0 saturated carbocycles. The number of hydrogen-bond acceptors (Lipinski definition) is 7. The molecule has 8 nitrogen and oxygen atoms in total. The van der Waals surface area contributed by atoms with Gasteiger partial charge in [0.15, 0.2) is 11.6 Å². The van der Waals surface area contributed by atoms with Crippen LogP contribution in [-0.4, -0.2) is 87.2 Å². The first-order valence-corrected chi connectivity index (χ1v) is 11.3. The summed E-state index contributed by atoms with van der Waals surface area (Å²) in [5.41, 5.74) is 0. The van der Waals surface area contributed by atoms with Crippen LogP contribution in [0.2, 0.25) is 0 Å². The molecule has 0 bridgehead atoms. The van der Waals surface area contributed by atoms with Crippen LogP contribution in [0.4, 0.5) is 20.4 Å². The Balaban J connectivity index is 1.40. The van der Waals surface area contributed by atoms with E-state index in [1.54, 1.807) is 0 Å². The third-order valence-corrected chi connectivity index (χ3v) is 7.45. The average Bonchev–Trinajstić information content (AvgIpc) is 2.76. The lowest BCUT2D eigenvalue weighted by atomic mass is 10.3. The van der Waals surface area contributed by atoms with Crippen LogP contribution in [0, 0.1) is 11.6 Å². The highest BCUT2D eigenvalue weighted by Crippen LogP contribution is 2.23. The van der Waals surface area contributed by atoms with Crippen LogP contribution in [0.1, 0.15) is 0 Å². The number of hydrogen-bond donors (Lipinski definition) is 0. The van der Waals surface area contributed by atoms with Gasteiger partial charge in [-0.15, -0.1) is 10.2 Å². The second-order valence-corrected chi connectivity index (χ2v) is 9.41. The van der Waals surface area contributed by atoms with Gasteiger partial charge in [0, 0.05) is 52.4 Å². The van der Waals surface area contributed by atoms with Gasteiger partial charge >= 0.3 is 0 Å². The van der Waals surface area contributed by atoms with Gasteiger partial charge in [0.2, 0.25) is 10.0 Å². The molecule has 2 saturated heterocycles. The molecule has 2 aliphatic heterocycles. The van der Waals surface area contributed by atoms with E-state index >= 15 is 0 Å². The maximum atomic E-state index is 14.0. The minimum atomic E-state index is -4.10. The van der Waals surface area contributed by atoms with Crippen molar-refractivity contribution in [2.24, 2.45) is 0 Å². The topological polar surface area (TPSA) is 72.9 Å². The third kappa shape index (κ3) is 4.23. The second-order valence-electron chi connectivity index (χ2n) is 7.51. The molecule has 4 rings (SSSR count). The van der Waals surface area contributed by atoms with Crippen molar-refractivity contribution in [3.63, 3.8) is 0 Å². The van der Waals surface area contributed by atoms with Crippen molar-refractivity contribution in [3.05, 3.63) is 42.0 Å². The van der Waals surface area contributed by atoms with Crippen molar-refractivity contribution in [1.29, 1.82) is 0 Å². The first-order valence-electron chi connectivity index (χ1n) is 9.82. The fourth-order valence-electron chi connectivity index (χ4n) is 3.66. The van der Waals surface area contributed by atoms with Crippen LogP contribution >= 0.6 is 0 Å². The zero-order valence-electron chi connectivity index (χ0n) is 16.7. The summed E-state index contributed by atoms with van der Waals surface area (Å²) in [6.45, 7) is 4.84.